The first-order valence-corrected chi connectivity index (χ1v) is 12.7. The third-order valence-corrected chi connectivity index (χ3v) is 6.59. The van der Waals surface area contributed by atoms with Crippen LogP contribution in [0.2, 0.25) is 5.02 Å². The number of halogens is 1. The summed E-state index contributed by atoms with van der Waals surface area (Å²) in [6.07, 6.45) is 3.19. The molecule has 1 aliphatic rings. The number of aromatic nitrogens is 5. The van der Waals surface area contributed by atoms with Crippen LogP contribution in [-0.4, -0.2) is 42.7 Å². The summed E-state index contributed by atoms with van der Waals surface area (Å²) in [7, 11) is 0. The molecule has 0 aliphatic carbocycles. The van der Waals surface area contributed by atoms with Crippen LogP contribution in [-0.2, 0) is 16.2 Å². The van der Waals surface area contributed by atoms with Crippen molar-refractivity contribution in [1.82, 2.24) is 35.5 Å². The first kappa shape index (κ1) is 25.7. The van der Waals surface area contributed by atoms with E-state index in [4.69, 9.17) is 22.2 Å². The van der Waals surface area contributed by atoms with Gasteiger partial charge in [-0.2, -0.15) is 5.10 Å². The Morgan fingerprint density at radius 1 is 1.29 bits per heavy atom. The standard InChI is InChI=1S/C26H30ClN9O2/c1-13(2)36-12-18(28)20(34-36)22-31-19-16(8-9-29-21(19)32-22)14-6-7-15(17(27)10-14)11-30-23(37)24-33-25(35-38-24)26(3,4)5/h6-10,12-13,25,35H,11,28H2,1-5H3,(H,30,37)(H,29,31,32). The Morgan fingerprint density at radius 3 is 2.74 bits per heavy atom. The number of carbonyl (C=O) groups is 1. The van der Waals surface area contributed by atoms with Gasteiger partial charge < -0.3 is 20.9 Å². The van der Waals surface area contributed by atoms with Gasteiger partial charge in [-0.05, 0) is 37.1 Å². The minimum absolute atomic E-state index is 0.00533. The molecule has 0 saturated heterocycles. The van der Waals surface area contributed by atoms with Gasteiger partial charge in [0.2, 0.25) is 0 Å². The third-order valence-electron chi connectivity index (χ3n) is 6.24. The molecule has 0 radical (unpaired) electrons. The molecule has 3 aromatic heterocycles. The molecule has 0 fully saturated rings. The fraction of sp³-hybridized carbons (Fsp3) is 0.346. The van der Waals surface area contributed by atoms with Gasteiger partial charge in [0, 0.05) is 41.0 Å². The number of aromatic amines is 1. The van der Waals surface area contributed by atoms with E-state index >= 15 is 0 Å². The normalized spacial score (nSPS) is 15.7. The molecule has 38 heavy (non-hydrogen) atoms. The molecule has 1 aliphatic heterocycles. The van der Waals surface area contributed by atoms with Crippen molar-refractivity contribution >= 4 is 40.3 Å². The Morgan fingerprint density at radius 2 is 2.08 bits per heavy atom. The van der Waals surface area contributed by atoms with Crippen molar-refractivity contribution in [1.29, 1.82) is 0 Å². The Labute approximate surface area is 224 Å². The lowest BCUT2D eigenvalue weighted by Crippen LogP contribution is -2.35. The minimum atomic E-state index is -0.413. The average molecular weight is 536 g/mol. The van der Waals surface area contributed by atoms with E-state index in [1.165, 1.54) is 0 Å². The van der Waals surface area contributed by atoms with Crippen LogP contribution in [0.15, 0.2) is 41.7 Å². The quantitative estimate of drug-likeness (QED) is 0.289. The lowest BCUT2D eigenvalue weighted by molar-refractivity contribution is -0.116. The van der Waals surface area contributed by atoms with Gasteiger partial charge in [0.1, 0.15) is 6.17 Å². The summed E-state index contributed by atoms with van der Waals surface area (Å²) in [5, 5.41) is 7.90. The summed E-state index contributed by atoms with van der Waals surface area (Å²) < 4.78 is 1.80. The molecule has 1 amide bonds. The number of hydrogen-bond acceptors (Lipinski definition) is 8. The molecule has 1 atom stereocenters. The molecule has 0 spiro atoms. The molecular weight excluding hydrogens is 506 g/mol. The molecule has 0 bridgehead atoms. The smallest absolute Gasteiger partial charge is 0.308 e. The van der Waals surface area contributed by atoms with Gasteiger partial charge in [-0.15, -0.1) is 5.48 Å². The van der Waals surface area contributed by atoms with E-state index in [2.05, 4.69) is 35.8 Å². The van der Waals surface area contributed by atoms with Gasteiger partial charge in [-0.1, -0.05) is 44.5 Å². The lowest BCUT2D eigenvalue weighted by atomic mass is 9.93. The summed E-state index contributed by atoms with van der Waals surface area (Å²) in [6.45, 7) is 10.3. The number of imidazole rings is 1. The molecule has 4 heterocycles. The molecule has 12 heteroatoms. The van der Waals surface area contributed by atoms with Gasteiger partial charge in [0.25, 0.3) is 5.90 Å². The highest BCUT2D eigenvalue weighted by Crippen LogP contribution is 2.32. The topological polar surface area (TPSA) is 148 Å². The van der Waals surface area contributed by atoms with E-state index < -0.39 is 5.91 Å². The number of nitrogens with two attached hydrogens (primary N) is 1. The molecular formula is C26H30ClN9O2. The first-order valence-electron chi connectivity index (χ1n) is 12.3. The van der Waals surface area contributed by atoms with E-state index in [9.17, 15) is 4.79 Å². The summed E-state index contributed by atoms with van der Waals surface area (Å²) in [5.41, 5.74) is 13.7. The average Bonchev–Trinajstić information content (AvgIpc) is 3.60. The number of aliphatic imine (C=N–C) groups is 1. The van der Waals surface area contributed by atoms with Crippen LogP contribution < -0.4 is 16.5 Å². The number of amides is 1. The highest BCUT2D eigenvalue weighted by atomic mass is 35.5. The third kappa shape index (κ3) is 4.94. The maximum absolute atomic E-state index is 12.5. The number of pyridine rings is 1. The number of rotatable bonds is 6. The highest BCUT2D eigenvalue weighted by Gasteiger charge is 2.32. The maximum Gasteiger partial charge on any atom is 0.308 e. The van der Waals surface area contributed by atoms with Crippen molar-refractivity contribution in [3.05, 3.63) is 47.2 Å². The number of nitrogens with one attached hydrogen (secondary N) is 3. The van der Waals surface area contributed by atoms with Crippen molar-refractivity contribution in [3.63, 3.8) is 0 Å². The zero-order chi connectivity index (χ0) is 27.2. The SMILES string of the molecule is CC(C)n1cc(N)c(-c2nc3nccc(-c4ccc(CNC(=O)C5=NC(C(C)(C)C)NO5)c(Cl)c4)c3[nH]2)n1. The first-order chi connectivity index (χ1) is 18.0. The molecule has 0 saturated carbocycles. The van der Waals surface area contributed by atoms with Crippen LogP contribution in [0.4, 0.5) is 5.69 Å². The molecule has 1 aromatic carbocycles. The Hall–Kier alpha value is -3.96. The summed E-state index contributed by atoms with van der Waals surface area (Å²) in [6, 6.07) is 7.72. The number of benzene rings is 1. The van der Waals surface area contributed by atoms with E-state index in [-0.39, 0.29) is 30.1 Å². The number of anilines is 1. The zero-order valence-electron chi connectivity index (χ0n) is 21.8. The fourth-order valence-electron chi connectivity index (χ4n) is 3.98. The highest BCUT2D eigenvalue weighted by molar-refractivity contribution is 6.35. The van der Waals surface area contributed by atoms with E-state index in [0.717, 1.165) is 22.2 Å². The number of fused-ring (bicyclic) bond motifs is 1. The second kappa shape index (κ2) is 9.73. The predicted molar refractivity (Wildman–Crippen MR) is 147 cm³/mol. The largest absolute Gasteiger partial charge is 0.396 e. The minimum Gasteiger partial charge on any atom is -0.396 e. The van der Waals surface area contributed by atoms with Crippen LogP contribution >= 0.6 is 11.6 Å². The molecule has 11 nitrogen and oxygen atoms in total. The van der Waals surface area contributed by atoms with Crippen molar-refractivity contribution in [2.75, 3.05) is 5.73 Å². The molecule has 198 valence electrons. The summed E-state index contributed by atoms with van der Waals surface area (Å²) in [4.78, 5) is 34.5. The summed E-state index contributed by atoms with van der Waals surface area (Å²) in [5.74, 6) is 0.137. The number of hydrogen-bond donors (Lipinski definition) is 4. The van der Waals surface area contributed by atoms with Gasteiger partial charge in [-0.25, -0.2) is 15.0 Å². The van der Waals surface area contributed by atoms with Gasteiger partial charge in [-0.3, -0.25) is 9.48 Å². The van der Waals surface area contributed by atoms with Crippen LogP contribution in [0.25, 0.3) is 33.8 Å². The van der Waals surface area contributed by atoms with Crippen molar-refractivity contribution in [2.45, 2.75) is 53.4 Å². The number of nitrogen functional groups attached to an aromatic ring is 1. The molecule has 5 N–H and O–H groups in total. The van der Waals surface area contributed by atoms with Crippen LogP contribution in [0.1, 0.15) is 46.2 Å². The number of H-pyrrole nitrogens is 1. The second-order valence-electron chi connectivity index (χ2n) is 10.6. The second-order valence-corrected chi connectivity index (χ2v) is 11.0. The Kier molecular flexibility index (Phi) is 6.58. The van der Waals surface area contributed by atoms with Crippen molar-refractivity contribution in [2.24, 2.45) is 10.4 Å². The zero-order valence-corrected chi connectivity index (χ0v) is 22.6. The Balaban J connectivity index is 1.36. The van der Waals surface area contributed by atoms with Gasteiger partial charge in [0.05, 0.1) is 11.2 Å². The van der Waals surface area contributed by atoms with E-state index in [1.807, 2.05) is 58.9 Å². The van der Waals surface area contributed by atoms with E-state index in [0.29, 0.717) is 27.9 Å². The fourth-order valence-corrected chi connectivity index (χ4v) is 4.23. The van der Waals surface area contributed by atoms with Crippen molar-refractivity contribution in [3.8, 4) is 22.6 Å². The maximum atomic E-state index is 12.5. The van der Waals surface area contributed by atoms with Crippen LogP contribution in [0, 0.1) is 5.41 Å². The summed E-state index contributed by atoms with van der Waals surface area (Å²) >= 11 is 6.61. The monoisotopic (exact) mass is 535 g/mol. The van der Waals surface area contributed by atoms with Crippen molar-refractivity contribution < 1.29 is 9.63 Å². The Bertz CT molecular complexity index is 1550. The van der Waals surface area contributed by atoms with Crippen LogP contribution in [0.5, 0.6) is 0 Å². The predicted octanol–water partition coefficient (Wildman–Crippen LogP) is 4.23. The molecule has 4 aromatic rings. The number of nitrogens with zero attached hydrogens (tertiary/aromatic N) is 5. The number of hydroxylamine groups is 1. The van der Waals surface area contributed by atoms with Crippen LogP contribution in [0.3, 0.4) is 0 Å². The molecule has 5 rings (SSSR count). The van der Waals surface area contributed by atoms with E-state index in [1.54, 1.807) is 17.1 Å². The van der Waals surface area contributed by atoms with Gasteiger partial charge in [0.15, 0.2) is 17.2 Å². The molecule has 1 unspecified atom stereocenters. The lowest BCUT2D eigenvalue weighted by Gasteiger charge is -2.22. The van der Waals surface area contributed by atoms with Gasteiger partial charge >= 0.3 is 5.91 Å². The number of carbonyl (C=O) groups excluding carboxylic acids is 1.